The van der Waals surface area contributed by atoms with Crippen LogP contribution in [0.1, 0.15) is 5.56 Å². The number of amides is 1. The predicted molar refractivity (Wildman–Crippen MR) is 79.1 cm³/mol. The minimum Gasteiger partial charge on any atom is -0.362 e. The maximum absolute atomic E-state index is 12.2. The van der Waals surface area contributed by atoms with Crippen LogP contribution in [0.15, 0.2) is 24.3 Å². The Bertz CT molecular complexity index is 446. The summed E-state index contributed by atoms with van der Waals surface area (Å²) in [5.74, 6) is 0.258. The molecule has 4 nitrogen and oxygen atoms in total. The zero-order valence-corrected chi connectivity index (χ0v) is 11.8. The summed E-state index contributed by atoms with van der Waals surface area (Å²) in [4.78, 5) is 16.4. The smallest absolute Gasteiger partial charge is 0.242 e. The van der Waals surface area contributed by atoms with Gasteiger partial charge < -0.3 is 15.1 Å². The van der Waals surface area contributed by atoms with Crippen molar-refractivity contribution in [1.29, 1.82) is 0 Å². The lowest BCUT2D eigenvalue weighted by Crippen LogP contribution is -2.49. The second-order valence-corrected chi connectivity index (χ2v) is 4.93. The highest BCUT2D eigenvalue weighted by Crippen LogP contribution is 2.27. The van der Waals surface area contributed by atoms with Crippen molar-refractivity contribution in [2.45, 2.75) is 6.42 Å². The molecule has 0 radical (unpaired) electrons. The molecule has 104 valence electrons. The molecule has 0 aromatic heterocycles. The van der Waals surface area contributed by atoms with Crippen molar-refractivity contribution < 1.29 is 4.79 Å². The number of nitrogens with one attached hydrogen (secondary N) is 1. The molecule has 2 heterocycles. The number of hydrogen-bond donors (Lipinski definition) is 1. The number of piperazine rings is 1. The van der Waals surface area contributed by atoms with E-state index in [1.165, 1.54) is 11.3 Å². The van der Waals surface area contributed by atoms with Gasteiger partial charge in [0.1, 0.15) is 0 Å². The van der Waals surface area contributed by atoms with Gasteiger partial charge in [-0.25, -0.2) is 0 Å². The molecule has 5 heteroatoms. The first-order valence-corrected chi connectivity index (χ1v) is 6.66. The third-order valence-electron chi connectivity index (χ3n) is 3.78. The van der Waals surface area contributed by atoms with Gasteiger partial charge in [0, 0.05) is 38.4 Å². The Labute approximate surface area is 120 Å². The number of rotatable bonds is 2. The molecule has 0 aliphatic carbocycles. The van der Waals surface area contributed by atoms with Crippen molar-refractivity contribution in [3.8, 4) is 0 Å². The zero-order chi connectivity index (χ0) is 12.4. The Balaban J connectivity index is 0.00000133. The maximum Gasteiger partial charge on any atom is 0.242 e. The van der Waals surface area contributed by atoms with E-state index in [4.69, 9.17) is 0 Å². The number of carbonyl (C=O) groups is 1. The van der Waals surface area contributed by atoms with Crippen LogP contribution in [0.25, 0.3) is 0 Å². The summed E-state index contributed by atoms with van der Waals surface area (Å²) in [5.41, 5.74) is 2.60. The number of para-hydroxylation sites is 1. The van der Waals surface area contributed by atoms with Crippen LogP contribution in [-0.4, -0.2) is 50.1 Å². The number of benzene rings is 1. The summed E-state index contributed by atoms with van der Waals surface area (Å²) in [6, 6.07) is 8.39. The average molecular weight is 282 g/mol. The van der Waals surface area contributed by atoms with Crippen LogP contribution in [0.4, 0.5) is 5.69 Å². The number of fused-ring (bicyclic) bond motifs is 1. The van der Waals surface area contributed by atoms with Gasteiger partial charge in [-0.15, -0.1) is 12.4 Å². The van der Waals surface area contributed by atoms with E-state index in [1.54, 1.807) is 0 Å². The average Bonchev–Trinajstić information content (AvgIpc) is 2.83. The normalized spacial score (nSPS) is 17.9. The van der Waals surface area contributed by atoms with E-state index in [9.17, 15) is 4.79 Å². The molecular formula is C14H20ClN3O. The van der Waals surface area contributed by atoms with Crippen molar-refractivity contribution in [2.24, 2.45) is 0 Å². The lowest BCUT2D eigenvalue weighted by atomic mass is 10.2. The Kier molecular flexibility index (Phi) is 4.66. The molecule has 1 aromatic carbocycles. The van der Waals surface area contributed by atoms with Crippen molar-refractivity contribution in [1.82, 2.24) is 10.2 Å². The Morgan fingerprint density at radius 3 is 2.68 bits per heavy atom. The maximum atomic E-state index is 12.2. The molecule has 2 aliphatic rings. The summed E-state index contributed by atoms with van der Waals surface area (Å²) in [7, 11) is 0. The van der Waals surface area contributed by atoms with Gasteiger partial charge in [0.25, 0.3) is 0 Å². The lowest BCUT2D eigenvalue weighted by molar-refractivity contribution is -0.130. The summed E-state index contributed by atoms with van der Waals surface area (Å²) < 4.78 is 0. The molecule has 1 fully saturated rings. The second-order valence-electron chi connectivity index (χ2n) is 4.93. The second kappa shape index (κ2) is 6.26. The van der Waals surface area contributed by atoms with Crippen molar-refractivity contribution in [2.75, 3.05) is 44.2 Å². The molecule has 1 aromatic rings. The van der Waals surface area contributed by atoms with E-state index in [-0.39, 0.29) is 18.3 Å². The highest BCUT2D eigenvalue weighted by atomic mass is 35.5. The molecule has 0 unspecified atom stereocenters. The Hall–Kier alpha value is -1.26. The quantitative estimate of drug-likeness (QED) is 0.875. The van der Waals surface area contributed by atoms with Gasteiger partial charge in [0.05, 0.1) is 6.54 Å². The molecule has 0 atom stereocenters. The summed E-state index contributed by atoms with van der Waals surface area (Å²) >= 11 is 0. The minimum atomic E-state index is 0. The topological polar surface area (TPSA) is 35.6 Å². The van der Waals surface area contributed by atoms with E-state index in [0.717, 1.165) is 39.1 Å². The predicted octanol–water partition coefficient (Wildman–Crippen LogP) is 0.903. The number of anilines is 1. The fourth-order valence-electron chi connectivity index (χ4n) is 2.75. The SMILES string of the molecule is Cl.O=C(CN1CCc2ccccc21)N1CCNCC1. The van der Waals surface area contributed by atoms with Gasteiger partial charge in [-0.3, -0.25) is 4.79 Å². The van der Waals surface area contributed by atoms with Crippen LogP contribution in [0.2, 0.25) is 0 Å². The van der Waals surface area contributed by atoms with Gasteiger partial charge in [-0.2, -0.15) is 0 Å². The number of hydrogen-bond acceptors (Lipinski definition) is 3. The highest BCUT2D eigenvalue weighted by Gasteiger charge is 2.23. The molecule has 1 amide bonds. The molecule has 1 N–H and O–H groups in total. The summed E-state index contributed by atoms with van der Waals surface area (Å²) in [6.45, 7) is 5.02. The number of halogens is 1. The third-order valence-corrected chi connectivity index (χ3v) is 3.78. The molecular weight excluding hydrogens is 262 g/mol. The molecule has 3 rings (SSSR count). The van der Waals surface area contributed by atoms with Crippen LogP contribution >= 0.6 is 12.4 Å². The van der Waals surface area contributed by atoms with Crippen molar-refractivity contribution >= 4 is 24.0 Å². The van der Waals surface area contributed by atoms with Crippen molar-refractivity contribution in [3.63, 3.8) is 0 Å². The van der Waals surface area contributed by atoms with Gasteiger partial charge in [-0.05, 0) is 18.1 Å². The Morgan fingerprint density at radius 2 is 1.89 bits per heavy atom. The van der Waals surface area contributed by atoms with Crippen LogP contribution < -0.4 is 10.2 Å². The van der Waals surface area contributed by atoms with Crippen LogP contribution in [0.3, 0.4) is 0 Å². The summed E-state index contributed by atoms with van der Waals surface area (Å²) in [6.07, 6.45) is 1.06. The molecule has 0 spiro atoms. The zero-order valence-electron chi connectivity index (χ0n) is 11.0. The molecule has 2 aliphatic heterocycles. The molecule has 1 saturated heterocycles. The van der Waals surface area contributed by atoms with Crippen molar-refractivity contribution in [3.05, 3.63) is 29.8 Å². The minimum absolute atomic E-state index is 0. The van der Waals surface area contributed by atoms with Crippen LogP contribution in [0.5, 0.6) is 0 Å². The van der Waals surface area contributed by atoms with Gasteiger partial charge in [0.2, 0.25) is 5.91 Å². The third kappa shape index (κ3) is 3.01. The fraction of sp³-hybridized carbons (Fsp3) is 0.500. The Morgan fingerprint density at radius 1 is 1.16 bits per heavy atom. The first kappa shape index (κ1) is 14.2. The van der Waals surface area contributed by atoms with Gasteiger partial charge in [0.15, 0.2) is 0 Å². The first-order valence-electron chi connectivity index (χ1n) is 6.66. The highest BCUT2D eigenvalue weighted by molar-refractivity contribution is 5.85. The van der Waals surface area contributed by atoms with E-state index in [2.05, 4.69) is 28.4 Å². The molecule has 19 heavy (non-hydrogen) atoms. The van der Waals surface area contributed by atoms with Gasteiger partial charge >= 0.3 is 0 Å². The monoisotopic (exact) mass is 281 g/mol. The number of carbonyl (C=O) groups excluding carboxylic acids is 1. The fourth-order valence-corrected chi connectivity index (χ4v) is 2.75. The van der Waals surface area contributed by atoms with E-state index in [1.807, 2.05) is 11.0 Å². The molecule has 0 saturated carbocycles. The lowest BCUT2D eigenvalue weighted by Gasteiger charge is -2.29. The first-order chi connectivity index (χ1) is 8.84. The van der Waals surface area contributed by atoms with Crippen LogP contribution in [-0.2, 0) is 11.2 Å². The summed E-state index contributed by atoms with van der Waals surface area (Å²) in [5, 5.41) is 3.27. The largest absolute Gasteiger partial charge is 0.362 e. The number of nitrogens with zero attached hydrogens (tertiary/aromatic N) is 2. The van der Waals surface area contributed by atoms with E-state index in [0.29, 0.717) is 6.54 Å². The van der Waals surface area contributed by atoms with Crippen LogP contribution in [0, 0.1) is 0 Å². The van der Waals surface area contributed by atoms with Gasteiger partial charge in [-0.1, -0.05) is 18.2 Å². The van der Waals surface area contributed by atoms with E-state index < -0.39 is 0 Å². The standard InChI is InChI=1S/C14H19N3O.ClH/c18-14(16-9-6-15-7-10-16)11-17-8-5-12-3-1-2-4-13(12)17;/h1-4,15H,5-11H2;1H. The van der Waals surface area contributed by atoms with E-state index >= 15 is 0 Å². The molecule has 0 bridgehead atoms.